The van der Waals surface area contributed by atoms with Crippen LogP contribution in [0.5, 0.6) is 0 Å². The molecule has 19 heavy (non-hydrogen) atoms. The molecule has 1 heterocycles. The van der Waals surface area contributed by atoms with Gasteiger partial charge in [0.2, 0.25) is 0 Å². The van der Waals surface area contributed by atoms with Crippen molar-refractivity contribution in [2.75, 3.05) is 13.2 Å². The first-order chi connectivity index (χ1) is 8.93. The lowest BCUT2D eigenvalue weighted by atomic mass is 10.2. The largest absolute Gasteiger partial charge is 0.466 e. The number of hydrogen-bond acceptors (Lipinski definition) is 6. The molecular weight excluding hydrogens is 254 g/mol. The Morgan fingerprint density at radius 3 is 2.47 bits per heavy atom. The highest BCUT2D eigenvalue weighted by atomic mass is 16.6. The van der Waals surface area contributed by atoms with Gasteiger partial charge in [0.15, 0.2) is 6.61 Å². The fraction of sp³-hybridized carbons (Fsp3) is 0.417. The van der Waals surface area contributed by atoms with E-state index in [1.165, 1.54) is 6.07 Å². The summed E-state index contributed by atoms with van der Waals surface area (Å²) in [6.45, 7) is 4.49. The Morgan fingerprint density at radius 1 is 1.26 bits per heavy atom. The standard InChI is InChI=1S/C12H15NO6/c1-4-17-12(16)13-10(14)6-18-11(15)9-5-7(2)19-8(9)3/h5H,4,6H2,1-3H3,(H,13,14,16). The predicted octanol–water partition coefficient (Wildman–Crippen LogP) is 1.33. The number of ether oxygens (including phenoxy) is 2. The minimum atomic E-state index is -0.876. The van der Waals surface area contributed by atoms with Crippen LogP contribution >= 0.6 is 0 Å². The second kappa shape index (κ2) is 6.58. The van der Waals surface area contributed by atoms with Crippen molar-refractivity contribution >= 4 is 18.0 Å². The van der Waals surface area contributed by atoms with E-state index in [2.05, 4.69) is 4.74 Å². The first kappa shape index (κ1) is 14.7. The lowest BCUT2D eigenvalue weighted by Crippen LogP contribution is -2.34. The van der Waals surface area contributed by atoms with Crippen LogP contribution in [0.2, 0.25) is 0 Å². The quantitative estimate of drug-likeness (QED) is 0.828. The fourth-order valence-corrected chi connectivity index (χ4v) is 1.36. The van der Waals surface area contributed by atoms with Gasteiger partial charge in [0.05, 0.1) is 6.61 Å². The molecule has 0 saturated heterocycles. The fourth-order valence-electron chi connectivity index (χ4n) is 1.36. The van der Waals surface area contributed by atoms with Crippen LogP contribution in [0.4, 0.5) is 4.79 Å². The molecule has 0 aliphatic heterocycles. The summed E-state index contributed by atoms with van der Waals surface area (Å²) < 4.78 is 14.4. The van der Waals surface area contributed by atoms with Crippen molar-refractivity contribution in [3.05, 3.63) is 23.2 Å². The van der Waals surface area contributed by atoms with Gasteiger partial charge in [-0.1, -0.05) is 0 Å². The number of alkyl carbamates (subject to hydrolysis) is 1. The maximum atomic E-state index is 11.6. The lowest BCUT2D eigenvalue weighted by molar-refractivity contribution is -0.123. The van der Waals surface area contributed by atoms with E-state index in [1.807, 2.05) is 5.32 Å². The van der Waals surface area contributed by atoms with Crippen molar-refractivity contribution < 1.29 is 28.3 Å². The van der Waals surface area contributed by atoms with E-state index in [9.17, 15) is 14.4 Å². The second-order valence-electron chi connectivity index (χ2n) is 3.67. The molecule has 104 valence electrons. The van der Waals surface area contributed by atoms with E-state index in [-0.39, 0.29) is 12.2 Å². The molecule has 1 aromatic heterocycles. The van der Waals surface area contributed by atoms with Crippen LogP contribution in [0.3, 0.4) is 0 Å². The van der Waals surface area contributed by atoms with Crippen LogP contribution < -0.4 is 5.32 Å². The highest BCUT2D eigenvalue weighted by Crippen LogP contribution is 2.14. The number of amides is 2. The molecule has 0 fully saturated rings. The van der Waals surface area contributed by atoms with Crippen LogP contribution in [0.25, 0.3) is 0 Å². The van der Waals surface area contributed by atoms with Crippen LogP contribution in [0, 0.1) is 13.8 Å². The molecule has 1 N–H and O–H groups in total. The molecule has 7 nitrogen and oxygen atoms in total. The maximum absolute atomic E-state index is 11.6. The maximum Gasteiger partial charge on any atom is 0.413 e. The number of imide groups is 1. The Kier molecular flexibility index (Phi) is 5.11. The van der Waals surface area contributed by atoms with E-state index in [4.69, 9.17) is 9.15 Å². The number of carbonyl (C=O) groups is 3. The predicted molar refractivity (Wildman–Crippen MR) is 63.6 cm³/mol. The zero-order chi connectivity index (χ0) is 14.4. The van der Waals surface area contributed by atoms with Crippen molar-refractivity contribution in [3.8, 4) is 0 Å². The van der Waals surface area contributed by atoms with Gasteiger partial charge in [0.25, 0.3) is 5.91 Å². The molecule has 1 rings (SSSR count). The smallest absolute Gasteiger partial charge is 0.413 e. The van der Waals surface area contributed by atoms with Crippen molar-refractivity contribution in [1.82, 2.24) is 5.32 Å². The summed E-state index contributed by atoms with van der Waals surface area (Å²) >= 11 is 0. The number of aryl methyl sites for hydroxylation is 2. The number of rotatable bonds is 4. The van der Waals surface area contributed by atoms with Gasteiger partial charge in [-0.25, -0.2) is 9.59 Å². The molecule has 7 heteroatoms. The van der Waals surface area contributed by atoms with Crippen LogP contribution in [-0.2, 0) is 14.3 Å². The molecule has 0 unspecified atom stereocenters. The van der Waals surface area contributed by atoms with E-state index in [1.54, 1.807) is 20.8 Å². The molecule has 0 bridgehead atoms. The topological polar surface area (TPSA) is 94.8 Å². The summed E-state index contributed by atoms with van der Waals surface area (Å²) in [4.78, 5) is 33.8. The van der Waals surface area contributed by atoms with E-state index >= 15 is 0 Å². The molecular formula is C12H15NO6. The number of esters is 1. The molecule has 2 amide bonds. The van der Waals surface area contributed by atoms with Gasteiger partial charge in [-0.2, -0.15) is 0 Å². The van der Waals surface area contributed by atoms with Gasteiger partial charge in [0.1, 0.15) is 17.1 Å². The third kappa shape index (κ3) is 4.46. The molecule has 0 aromatic carbocycles. The van der Waals surface area contributed by atoms with Crippen LogP contribution in [0.1, 0.15) is 28.8 Å². The summed E-state index contributed by atoms with van der Waals surface area (Å²) in [5.74, 6) is -0.466. The molecule has 1 aromatic rings. The second-order valence-corrected chi connectivity index (χ2v) is 3.67. The first-order valence-corrected chi connectivity index (χ1v) is 5.64. The Bertz CT molecular complexity index is 490. The zero-order valence-electron chi connectivity index (χ0n) is 10.9. The number of nitrogens with one attached hydrogen (secondary N) is 1. The average molecular weight is 269 g/mol. The molecule has 0 aliphatic rings. The zero-order valence-corrected chi connectivity index (χ0v) is 10.9. The van der Waals surface area contributed by atoms with E-state index in [0.717, 1.165) is 0 Å². The monoisotopic (exact) mass is 269 g/mol. The van der Waals surface area contributed by atoms with Crippen molar-refractivity contribution in [2.45, 2.75) is 20.8 Å². The SMILES string of the molecule is CCOC(=O)NC(=O)COC(=O)c1cc(C)oc1C. The third-order valence-electron chi connectivity index (χ3n) is 2.11. The van der Waals surface area contributed by atoms with Crippen molar-refractivity contribution in [3.63, 3.8) is 0 Å². The van der Waals surface area contributed by atoms with Crippen LogP contribution in [-0.4, -0.2) is 31.2 Å². The van der Waals surface area contributed by atoms with Gasteiger partial charge in [-0.15, -0.1) is 0 Å². The van der Waals surface area contributed by atoms with Gasteiger partial charge in [-0.05, 0) is 26.8 Å². The summed E-state index contributed by atoms with van der Waals surface area (Å²) in [5.41, 5.74) is 0.251. The van der Waals surface area contributed by atoms with Gasteiger partial charge in [0, 0.05) is 0 Å². The highest BCUT2D eigenvalue weighted by Gasteiger charge is 2.17. The van der Waals surface area contributed by atoms with Gasteiger partial charge < -0.3 is 13.9 Å². The number of hydrogen-bond donors (Lipinski definition) is 1. The Labute approximate surface area is 109 Å². The van der Waals surface area contributed by atoms with E-state index < -0.39 is 24.6 Å². The Balaban J connectivity index is 2.44. The first-order valence-electron chi connectivity index (χ1n) is 5.64. The normalized spacial score (nSPS) is 9.84. The summed E-state index contributed by atoms with van der Waals surface area (Å²) in [6.07, 6.45) is -0.876. The lowest BCUT2D eigenvalue weighted by Gasteiger charge is -2.05. The summed E-state index contributed by atoms with van der Waals surface area (Å²) in [7, 11) is 0. The third-order valence-corrected chi connectivity index (χ3v) is 2.11. The summed E-state index contributed by atoms with van der Waals surface area (Å²) in [5, 5.41) is 1.91. The number of carbonyl (C=O) groups excluding carboxylic acids is 3. The van der Waals surface area contributed by atoms with Crippen molar-refractivity contribution in [2.24, 2.45) is 0 Å². The van der Waals surface area contributed by atoms with Crippen molar-refractivity contribution in [1.29, 1.82) is 0 Å². The Hall–Kier alpha value is -2.31. The van der Waals surface area contributed by atoms with Gasteiger partial charge in [-0.3, -0.25) is 10.1 Å². The minimum Gasteiger partial charge on any atom is -0.466 e. The minimum absolute atomic E-state index is 0.145. The molecule has 0 radical (unpaired) electrons. The Morgan fingerprint density at radius 2 is 1.95 bits per heavy atom. The summed E-state index contributed by atoms with van der Waals surface area (Å²) in [6, 6.07) is 1.51. The molecule has 0 spiro atoms. The number of furan rings is 1. The van der Waals surface area contributed by atoms with Crippen LogP contribution in [0.15, 0.2) is 10.5 Å². The average Bonchev–Trinajstić information content (AvgIpc) is 2.65. The molecule has 0 atom stereocenters. The molecule has 0 aliphatic carbocycles. The highest BCUT2D eigenvalue weighted by molar-refractivity contribution is 5.95. The van der Waals surface area contributed by atoms with E-state index in [0.29, 0.717) is 11.5 Å². The molecule has 0 saturated carbocycles. The van der Waals surface area contributed by atoms with Gasteiger partial charge >= 0.3 is 12.1 Å².